The molecule has 1 aromatic heterocycles. The standard InChI is InChI=1S/C25H28N4O2S/c1-5-6-15-29-17(3)21(22(26-25(29)32)18-11-13-20(30-4)14-12-18)24-27-23(28-31-24)19-9-7-16(2)8-10-19/h7-14,22H,5-6,15H2,1-4H3,(H,26,32). The molecule has 1 atom stereocenters. The van der Waals surface area contributed by atoms with E-state index >= 15 is 0 Å². The van der Waals surface area contributed by atoms with E-state index in [1.165, 1.54) is 5.56 Å². The molecule has 1 aliphatic heterocycles. The van der Waals surface area contributed by atoms with Crippen molar-refractivity contribution in [1.82, 2.24) is 20.4 Å². The van der Waals surface area contributed by atoms with Crippen LogP contribution in [0.2, 0.25) is 0 Å². The molecule has 1 N–H and O–H groups in total. The van der Waals surface area contributed by atoms with Gasteiger partial charge in [-0.25, -0.2) is 0 Å². The summed E-state index contributed by atoms with van der Waals surface area (Å²) < 4.78 is 11.1. The average Bonchev–Trinajstić information content (AvgIpc) is 3.29. The molecule has 0 radical (unpaired) electrons. The number of hydrogen-bond donors (Lipinski definition) is 1. The Morgan fingerprint density at radius 3 is 2.47 bits per heavy atom. The average molecular weight is 449 g/mol. The van der Waals surface area contributed by atoms with Crippen LogP contribution in [0, 0.1) is 6.92 Å². The Kier molecular flexibility index (Phi) is 6.55. The van der Waals surface area contributed by atoms with E-state index in [2.05, 4.69) is 36.1 Å². The third-order valence-electron chi connectivity index (χ3n) is 5.75. The molecule has 1 aliphatic rings. The van der Waals surface area contributed by atoms with Crippen molar-refractivity contribution >= 4 is 22.9 Å². The van der Waals surface area contributed by atoms with E-state index in [9.17, 15) is 0 Å². The third kappa shape index (κ3) is 4.39. The van der Waals surface area contributed by atoms with Crippen molar-refractivity contribution in [1.29, 1.82) is 0 Å². The molecule has 6 nitrogen and oxygen atoms in total. The monoisotopic (exact) mass is 448 g/mol. The van der Waals surface area contributed by atoms with Gasteiger partial charge in [-0.05, 0) is 50.2 Å². The Labute approximate surface area is 194 Å². The minimum Gasteiger partial charge on any atom is -0.497 e. The van der Waals surface area contributed by atoms with Crippen molar-refractivity contribution in [2.45, 2.75) is 39.7 Å². The zero-order chi connectivity index (χ0) is 22.7. The molecule has 1 unspecified atom stereocenters. The maximum absolute atomic E-state index is 5.79. The predicted molar refractivity (Wildman–Crippen MR) is 130 cm³/mol. The number of hydrogen-bond acceptors (Lipinski definition) is 5. The Bertz CT molecular complexity index is 1120. The van der Waals surface area contributed by atoms with E-state index in [0.717, 1.165) is 47.5 Å². The third-order valence-corrected chi connectivity index (χ3v) is 6.09. The molecule has 7 heteroatoms. The van der Waals surface area contributed by atoms with Gasteiger partial charge >= 0.3 is 0 Å². The van der Waals surface area contributed by atoms with Crippen LogP contribution in [-0.2, 0) is 0 Å². The number of unbranched alkanes of at least 4 members (excludes halogenated alkanes) is 1. The van der Waals surface area contributed by atoms with Gasteiger partial charge in [-0.3, -0.25) is 0 Å². The fraction of sp³-hybridized carbons (Fsp3) is 0.320. The first-order valence-corrected chi connectivity index (χ1v) is 11.3. The molecular weight excluding hydrogens is 420 g/mol. The minimum absolute atomic E-state index is 0.197. The highest BCUT2D eigenvalue weighted by Gasteiger charge is 2.33. The molecule has 0 fully saturated rings. The SMILES string of the molecule is CCCCN1C(=S)NC(c2ccc(OC)cc2)C(c2nc(-c3ccc(C)cc3)no2)=C1C. The van der Waals surface area contributed by atoms with Gasteiger partial charge in [0.05, 0.1) is 18.7 Å². The predicted octanol–water partition coefficient (Wildman–Crippen LogP) is 5.52. The Balaban J connectivity index is 1.77. The van der Waals surface area contributed by atoms with Crippen molar-refractivity contribution in [3.8, 4) is 17.1 Å². The van der Waals surface area contributed by atoms with Gasteiger partial charge < -0.3 is 19.5 Å². The summed E-state index contributed by atoms with van der Waals surface area (Å²) in [6.07, 6.45) is 2.12. The summed E-state index contributed by atoms with van der Waals surface area (Å²) in [4.78, 5) is 6.89. The molecule has 0 amide bonds. The minimum atomic E-state index is -0.197. The van der Waals surface area contributed by atoms with Crippen molar-refractivity contribution in [2.75, 3.05) is 13.7 Å². The zero-order valence-corrected chi connectivity index (χ0v) is 19.7. The van der Waals surface area contributed by atoms with Crippen LogP contribution in [0.25, 0.3) is 17.0 Å². The van der Waals surface area contributed by atoms with E-state index in [1.807, 2.05) is 48.5 Å². The molecule has 0 saturated carbocycles. The van der Waals surface area contributed by atoms with E-state index in [0.29, 0.717) is 16.8 Å². The summed E-state index contributed by atoms with van der Waals surface area (Å²) in [5.41, 5.74) is 5.12. The zero-order valence-electron chi connectivity index (χ0n) is 18.9. The fourth-order valence-corrected chi connectivity index (χ4v) is 4.19. The maximum atomic E-state index is 5.79. The molecule has 3 aromatic rings. The molecule has 2 aromatic carbocycles. The van der Waals surface area contributed by atoms with Crippen molar-refractivity contribution in [3.63, 3.8) is 0 Å². The molecule has 0 saturated heterocycles. The van der Waals surface area contributed by atoms with E-state index in [4.69, 9.17) is 26.5 Å². The number of nitrogens with one attached hydrogen (secondary N) is 1. The maximum Gasteiger partial charge on any atom is 0.258 e. The number of methoxy groups -OCH3 is 1. The first-order valence-electron chi connectivity index (χ1n) is 10.9. The molecular formula is C25H28N4O2S. The van der Waals surface area contributed by atoms with Gasteiger partial charge in [0.2, 0.25) is 5.82 Å². The summed E-state index contributed by atoms with van der Waals surface area (Å²) >= 11 is 5.73. The fourth-order valence-electron chi connectivity index (χ4n) is 3.84. The second-order valence-electron chi connectivity index (χ2n) is 7.95. The van der Waals surface area contributed by atoms with Crippen LogP contribution >= 0.6 is 12.2 Å². The van der Waals surface area contributed by atoms with Crippen LogP contribution in [0.15, 0.2) is 58.8 Å². The van der Waals surface area contributed by atoms with Crippen molar-refractivity contribution < 1.29 is 9.26 Å². The van der Waals surface area contributed by atoms with Crippen LogP contribution in [0.4, 0.5) is 0 Å². The summed E-state index contributed by atoms with van der Waals surface area (Å²) in [6, 6.07) is 15.9. The summed E-state index contributed by atoms with van der Waals surface area (Å²) in [5.74, 6) is 1.87. The lowest BCUT2D eigenvalue weighted by Gasteiger charge is -2.37. The number of benzene rings is 2. The largest absolute Gasteiger partial charge is 0.497 e. The van der Waals surface area contributed by atoms with Gasteiger partial charge in [0, 0.05) is 17.8 Å². The number of nitrogens with zero attached hydrogens (tertiary/aromatic N) is 3. The van der Waals surface area contributed by atoms with E-state index in [1.54, 1.807) is 7.11 Å². The summed E-state index contributed by atoms with van der Waals surface area (Å²) in [7, 11) is 1.66. The first-order chi connectivity index (χ1) is 15.5. The lowest BCUT2D eigenvalue weighted by Crippen LogP contribution is -2.46. The molecule has 0 bridgehead atoms. The van der Waals surface area contributed by atoms with Crippen LogP contribution < -0.4 is 10.1 Å². The van der Waals surface area contributed by atoms with Gasteiger partial charge in [-0.2, -0.15) is 4.98 Å². The van der Waals surface area contributed by atoms with Crippen molar-refractivity contribution in [3.05, 3.63) is 71.2 Å². The van der Waals surface area contributed by atoms with Gasteiger partial charge in [-0.15, -0.1) is 0 Å². The van der Waals surface area contributed by atoms with Gasteiger partial charge in [0.25, 0.3) is 5.89 Å². The van der Waals surface area contributed by atoms with Crippen molar-refractivity contribution in [2.24, 2.45) is 0 Å². The smallest absolute Gasteiger partial charge is 0.258 e. The summed E-state index contributed by atoms with van der Waals surface area (Å²) in [6.45, 7) is 7.14. The van der Waals surface area contributed by atoms with Gasteiger partial charge in [-0.1, -0.05) is 60.5 Å². The molecule has 2 heterocycles. The molecule has 4 rings (SSSR count). The number of aryl methyl sites for hydroxylation is 1. The second kappa shape index (κ2) is 9.53. The summed E-state index contributed by atoms with van der Waals surface area (Å²) in [5, 5.41) is 8.47. The van der Waals surface area contributed by atoms with E-state index in [-0.39, 0.29) is 6.04 Å². The lowest BCUT2D eigenvalue weighted by atomic mass is 9.94. The van der Waals surface area contributed by atoms with Crippen LogP contribution in [0.1, 0.15) is 49.7 Å². The normalized spacial score (nSPS) is 16.3. The van der Waals surface area contributed by atoms with Gasteiger partial charge in [0.15, 0.2) is 5.11 Å². The number of thiocarbonyl (C=S) groups is 1. The van der Waals surface area contributed by atoms with Gasteiger partial charge in [0.1, 0.15) is 5.75 Å². The molecule has 32 heavy (non-hydrogen) atoms. The molecule has 0 aliphatic carbocycles. The highest BCUT2D eigenvalue weighted by molar-refractivity contribution is 7.80. The molecule has 166 valence electrons. The van der Waals surface area contributed by atoms with E-state index < -0.39 is 0 Å². The number of allylic oxidation sites excluding steroid dienone is 1. The number of ether oxygens (including phenoxy) is 1. The topological polar surface area (TPSA) is 63.4 Å². The van der Waals surface area contributed by atoms with Crippen LogP contribution in [0.3, 0.4) is 0 Å². The lowest BCUT2D eigenvalue weighted by molar-refractivity contribution is 0.395. The number of aromatic nitrogens is 2. The highest BCUT2D eigenvalue weighted by atomic mass is 32.1. The van der Waals surface area contributed by atoms with Crippen LogP contribution in [-0.4, -0.2) is 33.8 Å². The highest BCUT2D eigenvalue weighted by Crippen LogP contribution is 2.38. The Hall–Kier alpha value is -3.19. The molecule has 0 spiro atoms. The Morgan fingerprint density at radius 1 is 1.09 bits per heavy atom. The number of rotatable bonds is 7. The second-order valence-corrected chi connectivity index (χ2v) is 8.34. The first kappa shape index (κ1) is 22.0. The van der Waals surface area contributed by atoms with Crippen LogP contribution in [0.5, 0.6) is 5.75 Å². The Morgan fingerprint density at radius 2 is 1.81 bits per heavy atom. The quantitative estimate of drug-likeness (QED) is 0.478.